The van der Waals surface area contributed by atoms with Gasteiger partial charge in [-0.15, -0.1) is 0 Å². The molecule has 3 heteroatoms. The smallest absolute Gasteiger partial charge is 0.292 e. The minimum Gasteiger partial charge on any atom is -0.292 e. The van der Waals surface area contributed by atoms with Crippen molar-refractivity contribution in [3.05, 3.63) is 0 Å². The maximum atomic E-state index is 9.45. The molecule has 1 radical (unpaired) electrons. The van der Waals surface area contributed by atoms with Gasteiger partial charge in [-0.25, -0.2) is 0 Å². The molecule has 0 bridgehead atoms. The van der Waals surface area contributed by atoms with Gasteiger partial charge in [0, 0.05) is 5.25 Å². The van der Waals surface area contributed by atoms with Crippen LogP contribution in [0.2, 0.25) is 0 Å². The van der Waals surface area contributed by atoms with E-state index in [0.717, 1.165) is 0 Å². The van der Waals surface area contributed by atoms with E-state index in [4.69, 9.17) is 0 Å². The predicted octanol–water partition coefficient (Wildman–Crippen LogP) is 0.700. The second-order valence-corrected chi connectivity index (χ2v) is 2.75. The molecule has 0 atom stereocenters. The number of hydrogen-bond acceptors (Lipinski definition) is 2. The minimum absolute atomic E-state index is 0.446. The van der Waals surface area contributed by atoms with Crippen molar-refractivity contribution in [2.45, 2.75) is 19.1 Å². The van der Waals surface area contributed by atoms with Crippen LogP contribution in [0.4, 0.5) is 0 Å². The summed E-state index contributed by atoms with van der Waals surface area (Å²) in [5.41, 5.74) is 0. The molecule has 0 unspecified atom stereocenters. The number of amides is 1. The van der Waals surface area contributed by atoms with Crippen LogP contribution in [0.25, 0.3) is 0 Å². The molecule has 1 amide bonds. The Kier molecular flexibility index (Phi) is 3.89. The van der Waals surface area contributed by atoms with Gasteiger partial charge in [0.05, 0.1) is 0 Å². The van der Waals surface area contributed by atoms with E-state index in [1.807, 2.05) is 13.8 Å². The zero-order chi connectivity index (χ0) is 5.70. The van der Waals surface area contributed by atoms with Gasteiger partial charge in [-0.05, 0) is 11.9 Å². The molecule has 0 rings (SSSR count). The molecule has 0 fully saturated rings. The van der Waals surface area contributed by atoms with Gasteiger partial charge in [0.15, 0.2) is 0 Å². The van der Waals surface area contributed by atoms with Crippen molar-refractivity contribution in [3.8, 4) is 0 Å². The Morgan fingerprint density at radius 3 is 2.43 bits per heavy atom. The number of nitrogens with one attached hydrogen (secondary N) is 1. The summed E-state index contributed by atoms with van der Waals surface area (Å²) in [5, 5.41) is 0.446. The van der Waals surface area contributed by atoms with E-state index in [0.29, 0.717) is 5.25 Å². The zero-order valence-corrected chi connectivity index (χ0v) is 5.21. The summed E-state index contributed by atoms with van der Waals surface area (Å²) in [7, 11) is 0. The first-order chi connectivity index (χ1) is 3.27. The highest BCUT2D eigenvalue weighted by molar-refractivity contribution is 7.98. The predicted molar refractivity (Wildman–Crippen MR) is 31.6 cm³/mol. The summed E-state index contributed by atoms with van der Waals surface area (Å²) in [4.78, 5) is 9.45. The standard InChI is InChI=1S/C4H8NOS/c1-4(2)7-5-3-6/h4H,1-2H3,(H,5,6). The quantitative estimate of drug-likeness (QED) is 0.436. The topological polar surface area (TPSA) is 29.1 Å². The fraction of sp³-hybridized carbons (Fsp3) is 0.750. The molecule has 41 valence electrons. The molecule has 0 aromatic heterocycles. The molecule has 1 N–H and O–H groups in total. The van der Waals surface area contributed by atoms with Crippen LogP contribution in [0.5, 0.6) is 0 Å². The number of carbonyl (C=O) groups excluding carboxylic acids is 1. The normalized spacial score (nSPS) is 9.00. The molecular formula is C4H8NOS. The lowest BCUT2D eigenvalue weighted by molar-refractivity contribution is 0.554. The fourth-order valence-corrected chi connectivity index (χ4v) is 0.426. The average Bonchev–Trinajstić information content (AvgIpc) is 1.61. The maximum absolute atomic E-state index is 9.45. The van der Waals surface area contributed by atoms with E-state index in [1.54, 1.807) is 6.41 Å². The Morgan fingerprint density at radius 1 is 1.71 bits per heavy atom. The molecule has 0 aromatic carbocycles. The molecular weight excluding hydrogens is 110 g/mol. The van der Waals surface area contributed by atoms with Crippen molar-refractivity contribution in [3.63, 3.8) is 0 Å². The first-order valence-electron chi connectivity index (χ1n) is 2.05. The van der Waals surface area contributed by atoms with Crippen molar-refractivity contribution in [1.29, 1.82) is 0 Å². The molecule has 0 heterocycles. The van der Waals surface area contributed by atoms with Gasteiger partial charge < -0.3 is 0 Å². The van der Waals surface area contributed by atoms with Crippen molar-refractivity contribution in [2.24, 2.45) is 0 Å². The summed E-state index contributed by atoms with van der Waals surface area (Å²) >= 11 is 1.36. The molecule has 0 aliphatic rings. The van der Waals surface area contributed by atoms with Gasteiger partial charge in [-0.2, -0.15) is 0 Å². The minimum atomic E-state index is 0.446. The summed E-state index contributed by atoms with van der Waals surface area (Å²) < 4.78 is 2.36. The van der Waals surface area contributed by atoms with E-state index < -0.39 is 0 Å². The van der Waals surface area contributed by atoms with Crippen LogP contribution in [-0.4, -0.2) is 11.7 Å². The first kappa shape index (κ1) is 6.82. The van der Waals surface area contributed by atoms with Gasteiger partial charge >= 0.3 is 6.41 Å². The molecule has 0 aromatic rings. The first-order valence-corrected chi connectivity index (χ1v) is 2.93. The Morgan fingerprint density at radius 2 is 2.29 bits per heavy atom. The van der Waals surface area contributed by atoms with Crippen LogP contribution >= 0.6 is 11.9 Å². The van der Waals surface area contributed by atoms with Crippen LogP contribution < -0.4 is 4.72 Å². The Bertz CT molecular complexity index is 55.7. The average molecular weight is 118 g/mol. The van der Waals surface area contributed by atoms with Crippen LogP contribution in [0.3, 0.4) is 0 Å². The van der Waals surface area contributed by atoms with Gasteiger partial charge in [0.25, 0.3) is 0 Å². The molecule has 7 heavy (non-hydrogen) atoms. The maximum Gasteiger partial charge on any atom is 0.320 e. The highest BCUT2D eigenvalue weighted by atomic mass is 32.2. The highest BCUT2D eigenvalue weighted by Gasteiger charge is 1.88. The van der Waals surface area contributed by atoms with Gasteiger partial charge in [0.2, 0.25) is 0 Å². The Hall–Kier alpha value is -0.180. The second kappa shape index (κ2) is 3.99. The Labute approximate surface area is 47.8 Å². The third kappa shape index (κ3) is 5.82. The third-order valence-corrected chi connectivity index (χ3v) is 1.01. The lowest BCUT2D eigenvalue weighted by Crippen LogP contribution is -2.02. The molecule has 0 saturated heterocycles. The second-order valence-electron chi connectivity index (χ2n) is 1.37. The van der Waals surface area contributed by atoms with Crippen LogP contribution in [-0.2, 0) is 4.79 Å². The van der Waals surface area contributed by atoms with Crippen molar-refractivity contribution in [1.82, 2.24) is 4.72 Å². The van der Waals surface area contributed by atoms with Crippen molar-refractivity contribution in [2.75, 3.05) is 0 Å². The van der Waals surface area contributed by atoms with Gasteiger partial charge in [0.1, 0.15) is 0 Å². The number of rotatable bonds is 3. The Balaban J connectivity index is 2.81. The summed E-state index contributed by atoms with van der Waals surface area (Å²) in [6, 6.07) is 0. The molecule has 0 aliphatic carbocycles. The summed E-state index contributed by atoms with van der Waals surface area (Å²) in [6.07, 6.45) is 1.56. The van der Waals surface area contributed by atoms with E-state index in [-0.39, 0.29) is 0 Å². The van der Waals surface area contributed by atoms with Gasteiger partial charge in [-0.3, -0.25) is 9.52 Å². The molecule has 0 aliphatic heterocycles. The van der Waals surface area contributed by atoms with E-state index in [9.17, 15) is 4.79 Å². The largest absolute Gasteiger partial charge is 0.320 e. The van der Waals surface area contributed by atoms with Crippen LogP contribution in [0.15, 0.2) is 0 Å². The number of hydrogen-bond donors (Lipinski definition) is 1. The summed E-state index contributed by atoms with van der Waals surface area (Å²) in [5.74, 6) is 0. The zero-order valence-electron chi connectivity index (χ0n) is 4.39. The van der Waals surface area contributed by atoms with E-state index in [2.05, 4.69) is 4.72 Å². The van der Waals surface area contributed by atoms with Crippen molar-refractivity contribution >= 4 is 18.4 Å². The SMILES string of the molecule is CC(C)SN[C]=O. The van der Waals surface area contributed by atoms with Crippen LogP contribution in [0, 0.1) is 0 Å². The van der Waals surface area contributed by atoms with E-state index in [1.165, 1.54) is 11.9 Å². The van der Waals surface area contributed by atoms with Gasteiger partial charge in [-0.1, -0.05) is 13.8 Å². The van der Waals surface area contributed by atoms with E-state index >= 15 is 0 Å². The molecule has 2 nitrogen and oxygen atoms in total. The fourth-order valence-electron chi connectivity index (χ4n) is 0.142. The van der Waals surface area contributed by atoms with Crippen LogP contribution in [0.1, 0.15) is 13.8 Å². The summed E-state index contributed by atoms with van der Waals surface area (Å²) in [6.45, 7) is 3.99. The molecule has 0 spiro atoms. The third-order valence-electron chi connectivity index (χ3n) is 0.336. The highest BCUT2D eigenvalue weighted by Crippen LogP contribution is 2.00. The molecule has 0 saturated carbocycles. The van der Waals surface area contributed by atoms with Crippen molar-refractivity contribution < 1.29 is 4.79 Å². The monoisotopic (exact) mass is 118 g/mol. The lowest BCUT2D eigenvalue weighted by atomic mass is 10.6. The lowest BCUT2D eigenvalue weighted by Gasteiger charge is -1.96.